The Morgan fingerprint density at radius 3 is 2.53 bits per heavy atom. The summed E-state index contributed by atoms with van der Waals surface area (Å²) in [5.74, 6) is 0. The lowest BCUT2D eigenvalue weighted by Crippen LogP contribution is -2.24. The lowest BCUT2D eigenvalue weighted by Gasteiger charge is -2.12. The molecule has 0 saturated heterocycles. The smallest absolute Gasteiger partial charge is 0.0899 e. The molecule has 0 amide bonds. The van der Waals surface area contributed by atoms with Crippen LogP contribution in [0.15, 0.2) is 24.3 Å². The summed E-state index contributed by atoms with van der Waals surface area (Å²) in [6, 6.07) is 8.29. The first kappa shape index (κ1) is 9.37. The van der Waals surface area contributed by atoms with E-state index >= 15 is 0 Å². The molecule has 1 aromatic rings. The standard InChI is InChI=1S/C13H17NO/c14-12(4-5-12)9-10-2-1-3-11(8-10)13(15)6-7-13/h1-3,8,15H,4-7,9,14H2. The van der Waals surface area contributed by atoms with Crippen molar-refractivity contribution >= 4 is 0 Å². The van der Waals surface area contributed by atoms with E-state index in [0.29, 0.717) is 0 Å². The van der Waals surface area contributed by atoms with Gasteiger partial charge < -0.3 is 10.8 Å². The molecule has 0 spiro atoms. The first-order valence-corrected chi connectivity index (χ1v) is 5.70. The second-order valence-electron chi connectivity index (χ2n) is 5.27. The molecule has 2 heteroatoms. The van der Waals surface area contributed by atoms with Gasteiger partial charge in [0, 0.05) is 5.54 Å². The zero-order valence-corrected chi connectivity index (χ0v) is 8.87. The van der Waals surface area contributed by atoms with Crippen LogP contribution >= 0.6 is 0 Å². The average Bonchev–Trinajstić information content (AvgIpc) is 3.09. The third-order valence-electron chi connectivity index (χ3n) is 3.64. The van der Waals surface area contributed by atoms with E-state index in [1.165, 1.54) is 5.56 Å². The molecule has 0 atom stereocenters. The van der Waals surface area contributed by atoms with Gasteiger partial charge >= 0.3 is 0 Å². The van der Waals surface area contributed by atoms with Crippen molar-refractivity contribution < 1.29 is 5.11 Å². The molecular weight excluding hydrogens is 186 g/mol. The lowest BCUT2D eigenvalue weighted by atomic mass is 9.99. The molecule has 0 heterocycles. The Bertz CT molecular complexity index is 391. The van der Waals surface area contributed by atoms with Crippen LogP contribution in [0.5, 0.6) is 0 Å². The van der Waals surface area contributed by atoms with Crippen LogP contribution in [-0.2, 0) is 12.0 Å². The molecular formula is C13H17NO. The highest BCUT2D eigenvalue weighted by atomic mass is 16.3. The molecule has 80 valence electrons. The second-order valence-corrected chi connectivity index (χ2v) is 5.27. The van der Waals surface area contributed by atoms with E-state index in [1.54, 1.807) is 0 Å². The van der Waals surface area contributed by atoms with Gasteiger partial charge in [-0.2, -0.15) is 0 Å². The molecule has 15 heavy (non-hydrogen) atoms. The predicted octanol–water partition coefficient (Wildman–Crippen LogP) is 1.70. The molecule has 3 N–H and O–H groups in total. The highest BCUT2D eigenvalue weighted by Crippen LogP contribution is 2.45. The van der Waals surface area contributed by atoms with Gasteiger partial charge in [0.1, 0.15) is 0 Å². The molecule has 1 aromatic carbocycles. The molecule has 0 radical (unpaired) electrons. The first-order chi connectivity index (χ1) is 7.10. The van der Waals surface area contributed by atoms with Crippen molar-refractivity contribution in [3.05, 3.63) is 35.4 Å². The van der Waals surface area contributed by atoms with Gasteiger partial charge in [0.25, 0.3) is 0 Å². The minimum atomic E-state index is -0.513. The van der Waals surface area contributed by atoms with Gasteiger partial charge in [-0.3, -0.25) is 0 Å². The van der Waals surface area contributed by atoms with Crippen LogP contribution in [-0.4, -0.2) is 10.6 Å². The van der Waals surface area contributed by atoms with Crippen molar-refractivity contribution in [2.75, 3.05) is 0 Å². The van der Waals surface area contributed by atoms with Gasteiger partial charge in [0.15, 0.2) is 0 Å². The summed E-state index contributed by atoms with van der Waals surface area (Å²) < 4.78 is 0. The molecule has 2 nitrogen and oxygen atoms in total. The Kier molecular flexibility index (Phi) is 1.77. The van der Waals surface area contributed by atoms with E-state index in [1.807, 2.05) is 12.1 Å². The summed E-state index contributed by atoms with van der Waals surface area (Å²) in [7, 11) is 0. The summed E-state index contributed by atoms with van der Waals surface area (Å²) in [5, 5.41) is 10.0. The molecule has 2 saturated carbocycles. The quantitative estimate of drug-likeness (QED) is 0.785. The van der Waals surface area contributed by atoms with E-state index in [2.05, 4.69) is 12.1 Å². The highest BCUT2D eigenvalue weighted by molar-refractivity contribution is 5.33. The number of aliphatic hydroxyl groups is 1. The third kappa shape index (κ3) is 1.80. The minimum Gasteiger partial charge on any atom is -0.385 e. The number of nitrogens with two attached hydrogens (primary N) is 1. The Morgan fingerprint density at radius 1 is 1.20 bits per heavy atom. The van der Waals surface area contributed by atoms with Gasteiger partial charge in [0.05, 0.1) is 5.60 Å². The SMILES string of the molecule is NC1(Cc2cccc(C3(O)CC3)c2)CC1. The number of rotatable bonds is 3. The van der Waals surface area contributed by atoms with Crippen LogP contribution in [0, 0.1) is 0 Å². The monoisotopic (exact) mass is 203 g/mol. The molecule has 0 unspecified atom stereocenters. The van der Waals surface area contributed by atoms with Gasteiger partial charge in [-0.05, 0) is 43.2 Å². The van der Waals surface area contributed by atoms with Gasteiger partial charge in [0.2, 0.25) is 0 Å². The largest absolute Gasteiger partial charge is 0.385 e. The summed E-state index contributed by atoms with van der Waals surface area (Å²) in [6.45, 7) is 0. The van der Waals surface area contributed by atoms with Crippen molar-refractivity contribution in [3.63, 3.8) is 0 Å². The topological polar surface area (TPSA) is 46.2 Å². The number of benzene rings is 1. The van der Waals surface area contributed by atoms with Crippen LogP contribution < -0.4 is 5.73 Å². The first-order valence-electron chi connectivity index (χ1n) is 5.70. The number of hydrogen-bond donors (Lipinski definition) is 2. The summed E-state index contributed by atoms with van der Waals surface area (Å²) >= 11 is 0. The van der Waals surface area contributed by atoms with Crippen molar-refractivity contribution in [1.82, 2.24) is 0 Å². The highest BCUT2D eigenvalue weighted by Gasteiger charge is 2.42. The fourth-order valence-electron chi connectivity index (χ4n) is 2.12. The fraction of sp³-hybridized carbons (Fsp3) is 0.538. The normalized spacial score (nSPS) is 24.9. The Balaban J connectivity index is 1.83. The Labute approximate surface area is 90.1 Å². The van der Waals surface area contributed by atoms with Crippen LogP contribution in [0.1, 0.15) is 36.8 Å². The van der Waals surface area contributed by atoms with Gasteiger partial charge in [-0.25, -0.2) is 0 Å². The molecule has 0 aromatic heterocycles. The van der Waals surface area contributed by atoms with Crippen molar-refractivity contribution in [1.29, 1.82) is 0 Å². The Hall–Kier alpha value is -0.860. The van der Waals surface area contributed by atoms with Crippen LogP contribution in [0.4, 0.5) is 0 Å². The second kappa shape index (κ2) is 2.83. The third-order valence-corrected chi connectivity index (χ3v) is 3.64. The Morgan fingerprint density at radius 2 is 1.93 bits per heavy atom. The average molecular weight is 203 g/mol. The van der Waals surface area contributed by atoms with E-state index < -0.39 is 5.60 Å². The van der Waals surface area contributed by atoms with Gasteiger partial charge in [-0.1, -0.05) is 24.3 Å². The zero-order chi connectivity index (χ0) is 10.5. The summed E-state index contributed by atoms with van der Waals surface area (Å²) in [5.41, 5.74) is 7.98. The van der Waals surface area contributed by atoms with Gasteiger partial charge in [-0.15, -0.1) is 0 Å². The molecule has 2 aliphatic rings. The fourth-order valence-corrected chi connectivity index (χ4v) is 2.12. The van der Waals surface area contributed by atoms with Crippen molar-refractivity contribution in [2.24, 2.45) is 5.73 Å². The maximum Gasteiger partial charge on any atom is 0.0899 e. The molecule has 2 aliphatic carbocycles. The molecule has 0 aliphatic heterocycles. The maximum absolute atomic E-state index is 10.0. The zero-order valence-electron chi connectivity index (χ0n) is 8.87. The summed E-state index contributed by atoms with van der Waals surface area (Å²) in [4.78, 5) is 0. The lowest BCUT2D eigenvalue weighted by molar-refractivity contribution is 0.151. The molecule has 3 rings (SSSR count). The van der Waals surface area contributed by atoms with Crippen LogP contribution in [0.3, 0.4) is 0 Å². The summed E-state index contributed by atoms with van der Waals surface area (Å²) in [6.07, 6.45) is 5.05. The van der Waals surface area contributed by atoms with E-state index in [0.717, 1.165) is 37.7 Å². The van der Waals surface area contributed by atoms with Crippen LogP contribution in [0.25, 0.3) is 0 Å². The van der Waals surface area contributed by atoms with E-state index in [4.69, 9.17) is 5.73 Å². The molecule has 2 fully saturated rings. The predicted molar refractivity (Wildman–Crippen MR) is 59.4 cm³/mol. The number of hydrogen-bond acceptors (Lipinski definition) is 2. The van der Waals surface area contributed by atoms with Crippen molar-refractivity contribution in [3.8, 4) is 0 Å². The minimum absolute atomic E-state index is 0.0603. The molecule has 0 bridgehead atoms. The maximum atomic E-state index is 10.0. The van der Waals surface area contributed by atoms with Crippen LogP contribution in [0.2, 0.25) is 0 Å². The van der Waals surface area contributed by atoms with Crippen molar-refractivity contribution in [2.45, 2.75) is 43.2 Å². The van der Waals surface area contributed by atoms with E-state index in [-0.39, 0.29) is 5.54 Å². The van der Waals surface area contributed by atoms with E-state index in [9.17, 15) is 5.11 Å².